The Bertz CT molecular complexity index is 214. The molecule has 1 amide bonds. The molecule has 0 saturated carbocycles. The van der Waals surface area contributed by atoms with Gasteiger partial charge in [0, 0.05) is 6.42 Å². The van der Waals surface area contributed by atoms with Crippen LogP contribution in [-0.2, 0) is 9.59 Å². The van der Waals surface area contributed by atoms with E-state index < -0.39 is 6.04 Å². The molecule has 0 heterocycles. The summed E-state index contributed by atoms with van der Waals surface area (Å²) < 4.78 is 0. The number of unbranched alkanes of at least 4 members (excludes halogenated alkanes) is 4. The summed E-state index contributed by atoms with van der Waals surface area (Å²) in [6.07, 6.45) is 8.75. The molecule has 17 heavy (non-hydrogen) atoms. The smallest absolute Gasteiger partial charge is 0.222 e. The van der Waals surface area contributed by atoms with Gasteiger partial charge in [-0.3, -0.25) is 9.59 Å². The minimum absolute atomic E-state index is 0.0181. The fraction of sp³-hybridized carbons (Fsp3) is 0.857. The summed E-state index contributed by atoms with van der Waals surface area (Å²) in [7, 11) is 0. The van der Waals surface area contributed by atoms with Gasteiger partial charge in [0.2, 0.25) is 12.2 Å². The lowest BCUT2D eigenvalue weighted by Gasteiger charge is -2.13. The fourth-order valence-corrected chi connectivity index (χ4v) is 1.76. The van der Waals surface area contributed by atoms with Gasteiger partial charge < -0.3 is 5.32 Å². The van der Waals surface area contributed by atoms with Crippen LogP contribution in [-0.4, -0.2) is 18.2 Å². The molecule has 0 aliphatic carbocycles. The third-order valence-electron chi connectivity index (χ3n) is 2.69. The van der Waals surface area contributed by atoms with Gasteiger partial charge in [-0.2, -0.15) is 0 Å². The first-order chi connectivity index (χ1) is 8.10. The summed E-state index contributed by atoms with van der Waals surface area (Å²) in [4.78, 5) is 22.2. The Morgan fingerprint density at radius 2 is 1.82 bits per heavy atom. The Balaban J connectivity index is 3.64. The predicted molar refractivity (Wildman–Crippen MR) is 70.5 cm³/mol. The molecule has 0 aliphatic rings. The van der Waals surface area contributed by atoms with E-state index in [1.54, 1.807) is 0 Å². The maximum absolute atomic E-state index is 11.5. The lowest BCUT2D eigenvalue weighted by molar-refractivity contribution is -0.121. The molecule has 1 radical (unpaired) electrons. The topological polar surface area (TPSA) is 46.2 Å². The molecule has 1 N–H and O–H groups in total. The molecular formula is C14H26NO2. The van der Waals surface area contributed by atoms with Crippen LogP contribution in [0.4, 0.5) is 0 Å². The van der Waals surface area contributed by atoms with Crippen molar-refractivity contribution in [3.05, 3.63) is 0 Å². The summed E-state index contributed by atoms with van der Waals surface area (Å²) >= 11 is 0. The van der Waals surface area contributed by atoms with Gasteiger partial charge in [0.05, 0.1) is 6.04 Å². The van der Waals surface area contributed by atoms with Crippen molar-refractivity contribution in [3.8, 4) is 0 Å². The zero-order valence-corrected chi connectivity index (χ0v) is 11.4. The van der Waals surface area contributed by atoms with Crippen LogP contribution >= 0.6 is 0 Å². The van der Waals surface area contributed by atoms with Crippen molar-refractivity contribution in [2.24, 2.45) is 5.92 Å². The van der Waals surface area contributed by atoms with Crippen molar-refractivity contribution in [1.82, 2.24) is 5.32 Å². The summed E-state index contributed by atoms with van der Waals surface area (Å²) in [5.41, 5.74) is 0. The summed E-state index contributed by atoms with van der Waals surface area (Å²) in [6, 6.07) is -0.432. The molecular weight excluding hydrogens is 214 g/mol. The van der Waals surface area contributed by atoms with Crippen molar-refractivity contribution in [2.75, 3.05) is 0 Å². The van der Waals surface area contributed by atoms with Crippen LogP contribution in [0.3, 0.4) is 0 Å². The zero-order valence-electron chi connectivity index (χ0n) is 11.4. The summed E-state index contributed by atoms with van der Waals surface area (Å²) in [5, 5.41) is 2.73. The van der Waals surface area contributed by atoms with E-state index in [-0.39, 0.29) is 5.91 Å². The van der Waals surface area contributed by atoms with Gasteiger partial charge in [0.1, 0.15) is 0 Å². The molecule has 0 aromatic rings. The lowest BCUT2D eigenvalue weighted by atomic mass is 10.0. The Morgan fingerprint density at radius 1 is 1.18 bits per heavy atom. The molecule has 0 bridgehead atoms. The third-order valence-corrected chi connectivity index (χ3v) is 2.69. The van der Waals surface area contributed by atoms with E-state index in [1.807, 2.05) is 20.1 Å². The maximum Gasteiger partial charge on any atom is 0.222 e. The number of amides is 1. The Kier molecular flexibility index (Phi) is 9.78. The number of rotatable bonds is 10. The second-order valence-corrected chi connectivity index (χ2v) is 5.03. The molecule has 0 unspecified atom stereocenters. The molecule has 0 saturated heterocycles. The standard InChI is InChI=1S/C14H26NO2/c1-4-5-6-7-8-9-14(17)15-13(11-16)10-12(2)3/h12-13H,4-10H2,1-3H3,(H,15,17)/t13-/m0/s1. The first-order valence-corrected chi connectivity index (χ1v) is 6.77. The van der Waals surface area contributed by atoms with Crippen LogP contribution in [0.2, 0.25) is 0 Å². The minimum Gasteiger partial charge on any atom is -0.346 e. The summed E-state index contributed by atoms with van der Waals surface area (Å²) in [5.74, 6) is 0.377. The number of carbonyl (C=O) groups is 1. The van der Waals surface area contributed by atoms with Gasteiger partial charge in [-0.15, -0.1) is 0 Å². The van der Waals surface area contributed by atoms with Crippen molar-refractivity contribution in [3.63, 3.8) is 0 Å². The van der Waals surface area contributed by atoms with E-state index in [4.69, 9.17) is 0 Å². The normalized spacial score (nSPS) is 12.5. The first kappa shape index (κ1) is 16.1. The molecule has 0 fully saturated rings. The molecule has 0 rings (SSSR count). The highest BCUT2D eigenvalue weighted by Gasteiger charge is 2.13. The van der Waals surface area contributed by atoms with Crippen LogP contribution in [0, 0.1) is 5.92 Å². The Hall–Kier alpha value is -0.860. The molecule has 3 heteroatoms. The van der Waals surface area contributed by atoms with Gasteiger partial charge in [0.15, 0.2) is 0 Å². The third kappa shape index (κ3) is 10.0. The molecule has 1 atom stereocenters. The number of hydrogen-bond acceptors (Lipinski definition) is 2. The van der Waals surface area contributed by atoms with E-state index in [0.717, 1.165) is 12.8 Å². The summed E-state index contributed by atoms with van der Waals surface area (Å²) in [6.45, 7) is 6.23. The van der Waals surface area contributed by atoms with Crippen LogP contribution in [0.5, 0.6) is 0 Å². The molecule has 0 spiro atoms. The van der Waals surface area contributed by atoms with E-state index in [0.29, 0.717) is 18.8 Å². The van der Waals surface area contributed by atoms with Crippen molar-refractivity contribution in [2.45, 2.75) is 71.8 Å². The zero-order chi connectivity index (χ0) is 13.1. The quantitative estimate of drug-likeness (QED) is 0.597. The highest BCUT2D eigenvalue weighted by Crippen LogP contribution is 2.06. The van der Waals surface area contributed by atoms with Gasteiger partial charge >= 0.3 is 0 Å². The van der Waals surface area contributed by atoms with Crippen LogP contribution in [0.25, 0.3) is 0 Å². The second kappa shape index (κ2) is 10.3. The van der Waals surface area contributed by atoms with E-state index in [2.05, 4.69) is 12.2 Å². The van der Waals surface area contributed by atoms with E-state index in [9.17, 15) is 9.59 Å². The predicted octanol–water partition coefficient (Wildman–Crippen LogP) is 2.99. The SMILES string of the molecule is CCCCCCCC(=O)N[C@H]([C]=O)CC(C)C. The van der Waals surface area contributed by atoms with Crippen molar-refractivity contribution < 1.29 is 9.59 Å². The number of carbonyl (C=O) groups excluding carboxylic acids is 2. The molecule has 0 aromatic carbocycles. The molecule has 99 valence electrons. The largest absolute Gasteiger partial charge is 0.346 e. The highest BCUT2D eigenvalue weighted by atomic mass is 16.2. The van der Waals surface area contributed by atoms with Gasteiger partial charge in [0.25, 0.3) is 0 Å². The average molecular weight is 240 g/mol. The van der Waals surface area contributed by atoms with Gasteiger partial charge in [-0.1, -0.05) is 46.5 Å². The van der Waals surface area contributed by atoms with E-state index in [1.165, 1.54) is 19.3 Å². The van der Waals surface area contributed by atoms with Crippen LogP contribution < -0.4 is 5.32 Å². The highest BCUT2D eigenvalue weighted by molar-refractivity contribution is 5.79. The van der Waals surface area contributed by atoms with Crippen molar-refractivity contribution >= 4 is 12.2 Å². The minimum atomic E-state index is -0.432. The van der Waals surface area contributed by atoms with Crippen LogP contribution in [0.1, 0.15) is 65.7 Å². The number of hydrogen-bond donors (Lipinski definition) is 1. The fourth-order valence-electron chi connectivity index (χ4n) is 1.76. The molecule has 0 aromatic heterocycles. The van der Waals surface area contributed by atoms with Crippen LogP contribution in [0.15, 0.2) is 0 Å². The van der Waals surface area contributed by atoms with Gasteiger partial charge in [-0.05, 0) is 18.8 Å². The monoisotopic (exact) mass is 240 g/mol. The molecule has 3 nitrogen and oxygen atoms in total. The first-order valence-electron chi connectivity index (χ1n) is 6.77. The molecule has 0 aliphatic heterocycles. The second-order valence-electron chi connectivity index (χ2n) is 5.03. The average Bonchev–Trinajstić information content (AvgIpc) is 2.27. The Labute approximate surface area is 105 Å². The lowest BCUT2D eigenvalue weighted by Crippen LogP contribution is -2.36. The maximum atomic E-state index is 11.5. The number of nitrogens with one attached hydrogen (secondary N) is 1. The van der Waals surface area contributed by atoms with Gasteiger partial charge in [-0.25, -0.2) is 0 Å². The van der Waals surface area contributed by atoms with Crippen molar-refractivity contribution in [1.29, 1.82) is 0 Å². The van der Waals surface area contributed by atoms with E-state index >= 15 is 0 Å². The Morgan fingerprint density at radius 3 is 2.35 bits per heavy atom.